The third kappa shape index (κ3) is 7.72. The predicted octanol–water partition coefficient (Wildman–Crippen LogP) is 6.98. The molecule has 1 saturated carbocycles. The number of anilines is 1. The molecule has 0 saturated heterocycles. The molecule has 0 heterocycles. The van der Waals surface area contributed by atoms with E-state index >= 15 is 0 Å². The van der Waals surface area contributed by atoms with Gasteiger partial charge in [0.25, 0.3) is 10.0 Å². The van der Waals surface area contributed by atoms with Crippen LogP contribution in [-0.2, 0) is 26.2 Å². The number of nitrogens with one attached hydrogen (secondary N) is 1. The lowest BCUT2D eigenvalue weighted by Crippen LogP contribution is -2.53. The molecule has 3 aromatic carbocycles. The second kappa shape index (κ2) is 14.1. The van der Waals surface area contributed by atoms with Crippen LogP contribution in [0.5, 0.6) is 0 Å². The first-order chi connectivity index (χ1) is 20.4. The highest BCUT2D eigenvalue weighted by Crippen LogP contribution is 2.30. The van der Waals surface area contributed by atoms with Crippen LogP contribution in [0.4, 0.5) is 5.69 Å². The van der Waals surface area contributed by atoms with Gasteiger partial charge in [-0.15, -0.1) is 0 Å². The van der Waals surface area contributed by atoms with Crippen molar-refractivity contribution >= 4 is 50.7 Å². The van der Waals surface area contributed by atoms with Gasteiger partial charge in [0.05, 0.1) is 10.6 Å². The molecule has 43 heavy (non-hydrogen) atoms. The first-order valence-electron chi connectivity index (χ1n) is 14.6. The smallest absolute Gasteiger partial charge is 0.264 e. The van der Waals surface area contributed by atoms with E-state index in [-0.39, 0.29) is 23.4 Å². The van der Waals surface area contributed by atoms with E-state index < -0.39 is 28.5 Å². The average molecular weight is 645 g/mol. The Balaban J connectivity index is 1.76. The summed E-state index contributed by atoms with van der Waals surface area (Å²) in [5.41, 5.74) is 3.55. The topological polar surface area (TPSA) is 86.8 Å². The molecule has 3 aromatic rings. The maximum absolute atomic E-state index is 14.4. The van der Waals surface area contributed by atoms with Crippen LogP contribution in [0.15, 0.2) is 65.6 Å². The molecule has 4 rings (SSSR count). The fourth-order valence-corrected chi connectivity index (χ4v) is 7.42. The SMILES string of the molecule is CC[C@@H](C(=O)NC1CCCC1)N(Cc1ccc(Cl)cc1Cl)C(=O)CN(c1cccc(C)c1C)S(=O)(=O)c1ccc(C)cc1. The van der Waals surface area contributed by atoms with Crippen LogP contribution in [0.2, 0.25) is 10.0 Å². The van der Waals surface area contributed by atoms with Crippen molar-refractivity contribution in [1.29, 1.82) is 0 Å². The summed E-state index contributed by atoms with van der Waals surface area (Å²) in [4.78, 5) is 29.5. The van der Waals surface area contributed by atoms with Crippen LogP contribution in [0.25, 0.3) is 0 Å². The molecule has 1 aliphatic carbocycles. The fraction of sp³-hybridized carbons (Fsp3) is 0.394. The van der Waals surface area contributed by atoms with Crippen molar-refractivity contribution in [2.24, 2.45) is 0 Å². The minimum Gasteiger partial charge on any atom is -0.352 e. The van der Waals surface area contributed by atoms with E-state index in [2.05, 4.69) is 5.32 Å². The van der Waals surface area contributed by atoms with Crippen molar-refractivity contribution < 1.29 is 18.0 Å². The number of carbonyl (C=O) groups is 2. The maximum Gasteiger partial charge on any atom is 0.264 e. The Labute approximate surface area is 265 Å². The molecular weight excluding hydrogens is 605 g/mol. The van der Waals surface area contributed by atoms with Gasteiger partial charge in [-0.25, -0.2) is 8.42 Å². The molecular formula is C33H39Cl2N3O4S. The number of halogens is 2. The third-order valence-corrected chi connectivity index (χ3v) is 10.5. The quantitative estimate of drug-likeness (QED) is 0.244. The highest BCUT2D eigenvalue weighted by atomic mass is 35.5. The standard InChI is InChI=1S/C33H39Cl2N3O4S/c1-5-30(33(40)36-27-10-6-7-11-27)37(20-25-15-16-26(34)19-29(25)35)32(39)21-38(31-12-8-9-23(3)24(31)4)43(41,42)28-17-13-22(2)14-18-28/h8-9,12-19,27,30H,5-7,10-11,20-21H2,1-4H3,(H,36,40)/t30-/m0/s1. The molecule has 230 valence electrons. The summed E-state index contributed by atoms with van der Waals surface area (Å²) in [6, 6.07) is 16.1. The average Bonchev–Trinajstić information content (AvgIpc) is 3.47. The third-order valence-electron chi connectivity index (χ3n) is 8.18. The molecule has 7 nitrogen and oxygen atoms in total. The fourth-order valence-electron chi connectivity index (χ4n) is 5.48. The number of carbonyl (C=O) groups excluding carboxylic acids is 2. The summed E-state index contributed by atoms with van der Waals surface area (Å²) >= 11 is 12.7. The van der Waals surface area contributed by atoms with Crippen molar-refractivity contribution in [2.75, 3.05) is 10.8 Å². The van der Waals surface area contributed by atoms with Gasteiger partial charge in [-0.3, -0.25) is 13.9 Å². The second-order valence-corrected chi connectivity index (χ2v) is 13.9. The number of hydrogen-bond donors (Lipinski definition) is 1. The highest BCUT2D eigenvalue weighted by molar-refractivity contribution is 7.92. The molecule has 1 aliphatic rings. The van der Waals surface area contributed by atoms with Crippen molar-refractivity contribution in [1.82, 2.24) is 10.2 Å². The van der Waals surface area contributed by atoms with Crippen LogP contribution in [0.1, 0.15) is 61.3 Å². The van der Waals surface area contributed by atoms with Gasteiger partial charge >= 0.3 is 0 Å². The number of amides is 2. The molecule has 0 aromatic heterocycles. The predicted molar refractivity (Wildman–Crippen MR) is 173 cm³/mol. The Morgan fingerprint density at radius 2 is 1.65 bits per heavy atom. The van der Waals surface area contributed by atoms with Crippen molar-refractivity contribution in [3.05, 3.63) is 93.0 Å². The van der Waals surface area contributed by atoms with Crippen LogP contribution in [-0.4, -0.2) is 43.8 Å². The van der Waals surface area contributed by atoms with Gasteiger partial charge in [-0.1, -0.05) is 78.9 Å². The van der Waals surface area contributed by atoms with E-state index in [1.807, 2.05) is 33.8 Å². The summed E-state index contributed by atoms with van der Waals surface area (Å²) in [5.74, 6) is -0.774. The van der Waals surface area contributed by atoms with Crippen LogP contribution < -0.4 is 9.62 Å². The zero-order valence-electron chi connectivity index (χ0n) is 25.1. The monoisotopic (exact) mass is 643 g/mol. The Morgan fingerprint density at radius 1 is 0.977 bits per heavy atom. The van der Waals surface area contributed by atoms with Crippen molar-refractivity contribution in [3.63, 3.8) is 0 Å². The normalized spacial score (nSPS) is 14.4. The summed E-state index contributed by atoms with van der Waals surface area (Å²) < 4.78 is 29.5. The minimum atomic E-state index is -4.15. The molecule has 0 radical (unpaired) electrons. The van der Waals surface area contributed by atoms with Crippen molar-refractivity contribution in [2.45, 2.75) is 83.3 Å². The van der Waals surface area contributed by atoms with E-state index in [1.165, 1.54) is 4.90 Å². The summed E-state index contributed by atoms with van der Waals surface area (Å²) in [7, 11) is -4.15. The molecule has 0 bridgehead atoms. The maximum atomic E-state index is 14.4. The van der Waals surface area contributed by atoms with Gasteiger partial charge in [0, 0.05) is 22.6 Å². The van der Waals surface area contributed by atoms with E-state index in [9.17, 15) is 18.0 Å². The van der Waals surface area contributed by atoms with Crippen molar-refractivity contribution in [3.8, 4) is 0 Å². The Kier molecular flexibility index (Phi) is 10.8. The summed E-state index contributed by atoms with van der Waals surface area (Å²) in [6.45, 7) is 6.96. The lowest BCUT2D eigenvalue weighted by molar-refractivity contribution is -0.140. The number of rotatable bonds is 11. The molecule has 1 fully saturated rings. The van der Waals surface area contributed by atoms with Gasteiger partial charge in [0.1, 0.15) is 12.6 Å². The van der Waals surface area contributed by atoms with Gasteiger partial charge in [-0.05, 0) is 87.1 Å². The van der Waals surface area contributed by atoms with Crippen LogP contribution >= 0.6 is 23.2 Å². The summed E-state index contributed by atoms with van der Waals surface area (Å²) in [6.07, 6.45) is 4.23. The van der Waals surface area contributed by atoms with E-state index in [1.54, 1.807) is 54.6 Å². The first kappa shape index (κ1) is 32.8. The molecule has 10 heteroatoms. The Morgan fingerprint density at radius 3 is 2.28 bits per heavy atom. The number of nitrogens with zero attached hydrogens (tertiary/aromatic N) is 2. The van der Waals surface area contributed by atoms with Crippen LogP contribution in [0, 0.1) is 20.8 Å². The molecule has 1 N–H and O–H groups in total. The summed E-state index contributed by atoms with van der Waals surface area (Å²) in [5, 5.41) is 3.92. The highest BCUT2D eigenvalue weighted by Gasteiger charge is 2.35. The molecule has 0 aliphatic heterocycles. The lowest BCUT2D eigenvalue weighted by atomic mass is 10.1. The lowest BCUT2D eigenvalue weighted by Gasteiger charge is -2.34. The van der Waals surface area contributed by atoms with Crippen LogP contribution in [0.3, 0.4) is 0 Å². The Hall–Kier alpha value is -3.07. The minimum absolute atomic E-state index is 0.0106. The van der Waals surface area contributed by atoms with Gasteiger partial charge < -0.3 is 10.2 Å². The first-order valence-corrected chi connectivity index (χ1v) is 16.8. The molecule has 1 atom stereocenters. The Bertz CT molecular complexity index is 1570. The molecule has 2 amide bonds. The number of aryl methyl sites for hydroxylation is 2. The van der Waals surface area contributed by atoms with Gasteiger partial charge in [0.15, 0.2) is 0 Å². The number of benzene rings is 3. The number of hydrogen-bond acceptors (Lipinski definition) is 4. The van der Waals surface area contributed by atoms with Gasteiger partial charge in [-0.2, -0.15) is 0 Å². The second-order valence-electron chi connectivity index (χ2n) is 11.2. The zero-order valence-corrected chi connectivity index (χ0v) is 27.4. The largest absolute Gasteiger partial charge is 0.352 e. The van der Waals surface area contributed by atoms with E-state index in [0.717, 1.165) is 46.7 Å². The zero-order chi connectivity index (χ0) is 31.3. The number of sulfonamides is 1. The molecule has 0 spiro atoms. The van der Waals surface area contributed by atoms with E-state index in [4.69, 9.17) is 23.2 Å². The van der Waals surface area contributed by atoms with E-state index in [0.29, 0.717) is 27.7 Å². The van der Waals surface area contributed by atoms with Gasteiger partial charge in [0.2, 0.25) is 11.8 Å². The molecule has 0 unspecified atom stereocenters.